The smallest absolute Gasteiger partial charge is 0.300 e. The molecule has 0 radical (unpaired) electrons. The molecule has 80 valence electrons. The average Bonchev–Trinajstić information content (AvgIpc) is 1.82. The third-order valence-corrected chi connectivity index (χ3v) is 3.64. The first-order valence-corrected chi connectivity index (χ1v) is 6.53. The molecule has 0 saturated carbocycles. The number of rotatable bonds is 6. The monoisotopic (exact) mass is 235 g/mol. The summed E-state index contributed by atoms with van der Waals surface area (Å²) in [6.45, 7) is 3.13. The summed E-state index contributed by atoms with van der Waals surface area (Å²) in [6, 6.07) is 0. The van der Waals surface area contributed by atoms with Gasteiger partial charge in [-0.25, -0.2) is 4.57 Å². The van der Waals surface area contributed by atoms with E-state index < -0.39 is 16.0 Å². The highest BCUT2D eigenvalue weighted by Crippen LogP contribution is 2.67. The van der Waals surface area contributed by atoms with E-state index in [-0.39, 0.29) is 13.2 Å². The fourth-order valence-electron chi connectivity index (χ4n) is 0.545. The van der Waals surface area contributed by atoms with Crippen molar-refractivity contribution in [3.63, 3.8) is 0 Å². The maximum Gasteiger partial charge on any atom is 0.583 e. The molecule has 0 aromatic carbocycles. The van der Waals surface area contributed by atoms with E-state index in [2.05, 4.69) is 13.4 Å². The molecular weight excluding hydrogens is 222 g/mol. The lowest BCUT2D eigenvalue weighted by Gasteiger charge is -2.12. The van der Waals surface area contributed by atoms with E-state index in [1.54, 1.807) is 0 Å². The highest BCUT2D eigenvalue weighted by molar-refractivity contribution is 7.65. The van der Waals surface area contributed by atoms with Gasteiger partial charge in [-0.15, -0.1) is 0 Å². The van der Waals surface area contributed by atoms with Gasteiger partial charge >= 0.3 is 16.0 Å². The van der Waals surface area contributed by atoms with E-state index in [1.165, 1.54) is 13.8 Å². The summed E-state index contributed by atoms with van der Waals surface area (Å²) in [5.74, 6) is 0. The molecule has 0 amide bonds. The Morgan fingerprint density at radius 3 is 1.85 bits per heavy atom. The van der Waals surface area contributed by atoms with Crippen LogP contribution in [0.4, 0.5) is 0 Å². The van der Waals surface area contributed by atoms with Gasteiger partial charge in [0.15, 0.2) is 0 Å². The zero-order valence-electron chi connectivity index (χ0n) is 7.28. The summed E-state index contributed by atoms with van der Waals surface area (Å²) in [4.78, 5) is 26.1. The van der Waals surface area contributed by atoms with Gasteiger partial charge in [-0.1, -0.05) is 0 Å². The summed E-state index contributed by atoms with van der Waals surface area (Å²) < 4.78 is 23.5. The van der Waals surface area contributed by atoms with Crippen LogP contribution < -0.4 is 0 Å². The molecule has 3 N–H and O–H groups in total. The number of hydrogen-bond acceptors (Lipinski definition) is 5. The lowest BCUT2D eigenvalue weighted by atomic mass is 10.9. The minimum atomic E-state index is -4.80. The Balaban J connectivity index is 4.31. The molecule has 0 unspecified atom stereocenters. The van der Waals surface area contributed by atoms with Gasteiger partial charge in [0.2, 0.25) is 0 Å². The molecule has 0 aliphatic rings. The average molecular weight is 235 g/mol. The predicted octanol–water partition coefficient (Wildman–Crippen LogP) is 0.839. The van der Waals surface area contributed by atoms with Crippen LogP contribution >= 0.6 is 16.0 Å². The van der Waals surface area contributed by atoms with Gasteiger partial charge in [-0.2, -0.15) is 13.9 Å². The van der Waals surface area contributed by atoms with Crippen LogP contribution in [0.2, 0.25) is 0 Å². The SMILES string of the molecule is CCO[P+](O)(OCC)OP(=O)(O)O. The molecule has 0 heterocycles. The van der Waals surface area contributed by atoms with E-state index >= 15 is 0 Å². The lowest BCUT2D eigenvalue weighted by molar-refractivity contribution is 0.118. The molecule has 0 atom stereocenters. The van der Waals surface area contributed by atoms with E-state index in [1.807, 2.05) is 0 Å². The Morgan fingerprint density at radius 1 is 1.23 bits per heavy atom. The molecular formula is C4H13O7P2+. The number of hydrogen-bond donors (Lipinski definition) is 3. The van der Waals surface area contributed by atoms with Crippen molar-refractivity contribution < 1.29 is 32.6 Å². The van der Waals surface area contributed by atoms with Crippen molar-refractivity contribution in [3.05, 3.63) is 0 Å². The Morgan fingerprint density at radius 2 is 1.62 bits per heavy atom. The van der Waals surface area contributed by atoms with Crippen LogP contribution in [0.5, 0.6) is 0 Å². The van der Waals surface area contributed by atoms with Crippen molar-refractivity contribution in [1.82, 2.24) is 0 Å². The van der Waals surface area contributed by atoms with Crippen LogP contribution in [0.3, 0.4) is 0 Å². The molecule has 7 nitrogen and oxygen atoms in total. The van der Waals surface area contributed by atoms with E-state index in [0.29, 0.717) is 0 Å². The van der Waals surface area contributed by atoms with Gasteiger partial charge in [0.05, 0.1) is 13.2 Å². The molecule has 0 spiro atoms. The maximum atomic E-state index is 10.4. The standard InChI is InChI=1S/C4H12O7P2/c1-3-9-13(8,10-4-2)11-12(5,6)7/h8H,3-4H2,1-2H3,(H-,5,6,7)/p+1. The van der Waals surface area contributed by atoms with E-state index in [9.17, 15) is 9.46 Å². The highest BCUT2D eigenvalue weighted by atomic mass is 31.3. The molecule has 0 aromatic rings. The van der Waals surface area contributed by atoms with Gasteiger partial charge in [-0.05, 0) is 18.2 Å². The van der Waals surface area contributed by atoms with Crippen LogP contribution in [0.1, 0.15) is 13.8 Å². The molecule has 0 rings (SSSR count). The largest absolute Gasteiger partial charge is 0.583 e. The van der Waals surface area contributed by atoms with Gasteiger partial charge in [0.1, 0.15) is 0 Å². The van der Waals surface area contributed by atoms with Crippen molar-refractivity contribution >= 4 is 16.0 Å². The Labute approximate surface area is 76.5 Å². The fraction of sp³-hybridized carbons (Fsp3) is 1.00. The zero-order valence-corrected chi connectivity index (χ0v) is 9.07. The van der Waals surface area contributed by atoms with Crippen molar-refractivity contribution in [1.29, 1.82) is 0 Å². The van der Waals surface area contributed by atoms with Crippen molar-refractivity contribution in [2.45, 2.75) is 13.8 Å². The zero-order chi connectivity index (χ0) is 10.5. The molecule has 9 heteroatoms. The molecule has 0 aliphatic heterocycles. The van der Waals surface area contributed by atoms with Gasteiger partial charge in [0, 0.05) is 0 Å². The summed E-state index contributed by atoms with van der Waals surface area (Å²) in [6.07, 6.45) is 0. The summed E-state index contributed by atoms with van der Waals surface area (Å²) in [5, 5.41) is 0. The van der Waals surface area contributed by atoms with Crippen LogP contribution in [0.25, 0.3) is 0 Å². The fourth-order valence-corrected chi connectivity index (χ4v) is 2.72. The first kappa shape index (κ1) is 13.4. The summed E-state index contributed by atoms with van der Waals surface area (Å²) in [7, 11) is -8.65. The van der Waals surface area contributed by atoms with Crippen molar-refractivity contribution in [3.8, 4) is 0 Å². The third kappa shape index (κ3) is 6.49. The van der Waals surface area contributed by atoms with Crippen molar-refractivity contribution in [2.75, 3.05) is 13.2 Å². The van der Waals surface area contributed by atoms with E-state index in [4.69, 9.17) is 9.79 Å². The Bertz CT molecular complexity index is 183. The van der Waals surface area contributed by atoms with Gasteiger partial charge < -0.3 is 9.79 Å². The van der Waals surface area contributed by atoms with E-state index in [0.717, 1.165) is 0 Å². The second kappa shape index (κ2) is 5.34. The van der Waals surface area contributed by atoms with Crippen LogP contribution in [-0.4, -0.2) is 27.9 Å². The first-order valence-electron chi connectivity index (χ1n) is 3.50. The molecule has 0 aromatic heterocycles. The Hall–Kier alpha value is 0.420. The van der Waals surface area contributed by atoms with Crippen LogP contribution in [0, 0.1) is 0 Å². The lowest BCUT2D eigenvalue weighted by Crippen LogP contribution is -2.05. The molecule has 0 aliphatic carbocycles. The molecule has 0 saturated heterocycles. The highest BCUT2D eigenvalue weighted by Gasteiger charge is 2.51. The van der Waals surface area contributed by atoms with Crippen LogP contribution in [0.15, 0.2) is 0 Å². The minimum Gasteiger partial charge on any atom is -0.300 e. The second-order valence-corrected chi connectivity index (χ2v) is 4.96. The Kier molecular flexibility index (Phi) is 5.51. The quantitative estimate of drug-likeness (QED) is 0.585. The van der Waals surface area contributed by atoms with Gasteiger partial charge in [-0.3, -0.25) is 0 Å². The molecule has 13 heavy (non-hydrogen) atoms. The summed E-state index contributed by atoms with van der Waals surface area (Å²) >= 11 is 0. The third-order valence-electron chi connectivity index (χ3n) is 0.794. The summed E-state index contributed by atoms with van der Waals surface area (Å²) in [5.41, 5.74) is 0. The molecule has 0 fully saturated rings. The van der Waals surface area contributed by atoms with Gasteiger partial charge in [0.25, 0.3) is 0 Å². The maximum absolute atomic E-state index is 10.4. The second-order valence-electron chi connectivity index (χ2n) is 1.88. The van der Waals surface area contributed by atoms with Crippen LogP contribution in [-0.2, 0) is 17.9 Å². The molecule has 0 bridgehead atoms. The predicted molar refractivity (Wildman–Crippen MR) is 45.5 cm³/mol. The first-order chi connectivity index (χ1) is 5.83. The minimum absolute atomic E-state index is 0.0320. The topological polar surface area (TPSA) is 105 Å². The normalized spacial score (nSPS) is 13.3. The number of phosphoric acid groups is 1. The van der Waals surface area contributed by atoms with Crippen molar-refractivity contribution in [2.24, 2.45) is 0 Å².